The maximum Gasteiger partial charge on any atom is 0.307 e. The van der Waals surface area contributed by atoms with Crippen LogP contribution in [0.25, 0.3) is 0 Å². The summed E-state index contributed by atoms with van der Waals surface area (Å²) in [6.45, 7) is -0.541. The number of rotatable bonds is 6. The van der Waals surface area contributed by atoms with Gasteiger partial charge in [0.1, 0.15) is 0 Å². The maximum atomic E-state index is 12.2. The van der Waals surface area contributed by atoms with Crippen LogP contribution >= 0.6 is 0 Å². The minimum Gasteiger partial charge on any atom is -0.394 e. The first kappa shape index (κ1) is 12.6. The number of alkyl halides is 4. The minimum atomic E-state index is -3.99. The molecule has 0 radical (unpaired) electrons. The topological polar surface area (TPSA) is 40.5 Å². The van der Waals surface area contributed by atoms with E-state index < -0.39 is 31.5 Å². The van der Waals surface area contributed by atoms with E-state index >= 15 is 0 Å². The third-order valence-electron chi connectivity index (χ3n) is 1.58. The second-order valence-corrected chi connectivity index (χ2v) is 2.79. The van der Waals surface area contributed by atoms with Crippen LogP contribution in [0.3, 0.4) is 0 Å². The molecule has 1 atom stereocenters. The second-order valence-electron chi connectivity index (χ2n) is 2.79. The van der Waals surface area contributed by atoms with Crippen molar-refractivity contribution in [3.63, 3.8) is 0 Å². The summed E-state index contributed by atoms with van der Waals surface area (Å²) in [6.07, 6.45) is -6.08. The lowest BCUT2D eigenvalue weighted by molar-refractivity contribution is -0.134. The van der Waals surface area contributed by atoms with Gasteiger partial charge < -0.3 is 10.2 Å². The molecule has 0 amide bonds. The molecule has 0 aromatic heterocycles. The summed E-state index contributed by atoms with van der Waals surface area (Å²) in [5.41, 5.74) is 0. The van der Waals surface area contributed by atoms with Gasteiger partial charge in [0.05, 0.1) is 12.7 Å². The van der Waals surface area contributed by atoms with E-state index in [-0.39, 0.29) is 12.8 Å². The number of aliphatic hydroxyl groups excluding tert-OH is 2. The van der Waals surface area contributed by atoms with Crippen LogP contribution < -0.4 is 0 Å². The largest absolute Gasteiger partial charge is 0.394 e. The Labute approximate surface area is 73.2 Å². The molecule has 6 heteroatoms. The monoisotopic (exact) mass is 204 g/mol. The lowest BCUT2D eigenvalue weighted by Gasteiger charge is -2.15. The van der Waals surface area contributed by atoms with Gasteiger partial charge >= 0.3 is 12.3 Å². The standard InChI is InChI=1S/C7H12F4O2/c8-6(9)7(10,11)3-1-2-5(13)4-12/h5-6,12-13H,1-4H2. The molecule has 0 aliphatic rings. The SMILES string of the molecule is OCC(O)CCCC(F)(F)C(F)F. The van der Waals surface area contributed by atoms with Crippen LogP contribution in [0.15, 0.2) is 0 Å². The fourth-order valence-corrected chi connectivity index (χ4v) is 0.774. The molecule has 0 saturated carbocycles. The van der Waals surface area contributed by atoms with Crippen molar-refractivity contribution in [1.29, 1.82) is 0 Å². The molecule has 0 saturated heterocycles. The lowest BCUT2D eigenvalue weighted by atomic mass is 10.1. The Hall–Kier alpha value is -0.360. The van der Waals surface area contributed by atoms with Crippen molar-refractivity contribution in [1.82, 2.24) is 0 Å². The molecule has 2 N–H and O–H groups in total. The van der Waals surface area contributed by atoms with E-state index in [0.717, 1.165) is 0 Å². The number of halogens is 4. The molecule has 0 aromatic rings. The molecular weight excluding hydrogens is 192 g/mol. The summed E-state index contributed by atoms with van der Waals surface area (Å²) in [4.78, 5) is 0. The molecule has 0 fully saturated rings. The molecule has 0 spiro atoms. The first-order valence-corrected chi connectivity index (χ1v) is 3.85. The number of hydrogen-bond donors (Lipinski definition) is 2. The van der Waals surface area contributed by atoms with Gasteiger partial charge in [0, 0.05) is 6.42 Å². The lowest BCUT2D eigenvalue weighted by Crippen LogP contribution is -2.26. The predicted molar refractivity (Wildman–Crippen MR) is 37.9 cm³/mol. The fraction of sp³-hybridized carbons (Fsp3) is 1.00. The highest BCUT2D eigenvalue weighted by molar-refractivity contribution is 4.69. The van der Waals surface area contributed by atoms with Crippen molar-refractivity contribution in [3.8, 4) is 0 Å². The molecule has 0 bridgehead atoms. The van der Waals surface area contributed by atoms with E-state index in [1.807, 2.05) is 0 Å². The van der Waals surface area contributed by atoms with Gasteiger partial charge in [-0.15, -0.1) is 0 Å². The highest BCUT2D eigenvalue weighted by Crippen LogP contribution is 2.28. The van der Waals surface area contributed by atoms with Crippen LogP contribution in [-0.4, -0.2) is 35.3 Å². The fourth-order valence-electron chi connectivity index (χ4n) is 0.774. The third kappa shape index (κ3) is 5.05. The molecule has 0 heterocycles. The molecular formula is C7H12F4O2. The Morgan fingerprint density at radius 3 is 2.15 bits per heavy atom. The van der Waals surface area contributed by atoms with Crippen molar-refractivity contribution in [2.75, 3.05) is 6.61 Å². The van der Waals surface area contributed by atoms with Gasteiger partial charge in [-0.2, -0.15) is 0 Å². The number of aliphatic hydroxyl groups is 2. The zero-order valence-electron chi connectivity index (χ0n) is 6.89. The van der Waals surface area contributed by atoms with Gasteiger partial charge in [-0.05, 0) is 12.8 Å². The van der Waals surface area contributed by atoms with E-state index in [4.69, 9.17) is 10.2 Å². The number of hydrogen-bond acceptors (Lipinski definition) is 2. The molecule has 0 rings (SSSR count). The highest BCUT2D eigenvalue weighted by Gasteiger charge is 2.39. The molecule has 80 valence electrons. The quantitative estimate of drug-likeness (QED) is 0.642. The van der Waals surface area contributed by atoms with Crippen molar-refractivity contribution >= 4 is 0 Å². The first-order valence-electron chi connectivity index (χ1n) is 3.85. The molecule has 1 unspecified atom stereocenters. The summed E-state index contributed by atoms with van der Waals surface area (Å²) < 4.78 is 47.5. The smallest absolute Gasteiger partial charge is 0.307 e. The zero-order chi connectivity index (χ0) is 10.5. The van der Waals surface area contributed by atoms with Crippen LogP contribution in [0.2, 0.25) is 0 Å². The van der Waals surface area contributed by atoms with E-state index in [2.05, 4.69) is 0 Å². The van der Waals surface area contributed by atoms with Crippen LogP contribution in [0.1, 0.15) is 19.3 Å². The molecule has 0 aliphatic heterocycles. The van der Waals surface area contributed by atoms with Crippen molar-refractivity contribution in [2.45, 2.75) is 37.7 Å². The van der Waals surface area contributed by atoms with E-state index in [1.54, 1.807) is 0 Å². The summed E-state index contributed by atoms with van der Waals surface area (Å²) in [5.74, 6) is -3.99. The third-order valence-corrected chi connectivity index (χ3v) is 1.58. The average molecular weight is 204 g/mol. The van der Waals surface area contributed by atoms with Crippen molar-refractivity contribution < 1.29 is 27.8 Å². The van der Waals surface area contributed by atoms with Crippen LogP contribution in [-0.2, 0) is 0 Å². The minimum absolute atomic E-state index is 0.0984. The molecule has 2 nitrogen and oxygen atoms in total. The summed E-state index contributed by atoms with van der Waals surface area (Å²) in [7, 11) is 0. The summed E-state index contributed by atoms with van der Waals surface area (Å²) >= 11 is 0. The second kappa shape index (κ2) is 5.39. The Bertz CT molecular complexity index is 140. The Kier molecular flexibility index (Phi) is 5.24. The van der Waals surface area contributed by atoms with Gasteiger partial charge in [-0.3, -0.25) is 0 Å². The van der Waals surface area contributed by atoms with Crippen molar-refractivity contribution in [2.24, 2.45) is 0 Å². The van der Waals surface area contributed by atoms with Crippen LogP contribution in [0.4, 0.5) is 17.6 Å². The summed E-state index contributed by atoms with van der Waals surface area (Å²) in [5, 5.41) is 17.0. The molecule has 13 heavy (non-hydrogen) atoms. The van der Waals surface area contributed by atoms with Gasteiger partial charge in [0.2, 0.25) is 0 Å². The Balaban J connectivity index is 3.63. The predicted octanol–water partition coefficient (Wildman–Crippen LogP) is 1.41. The van der Waals surface area contributed by atoms with Crippen LogP contribution in [0, 0.1) is 0 Å². The maximum absolute atomic E-state index is 12.2. The van der Waals surface area contributed by atoms with E-state index in [0.29, 0.717) is 0 Å². The Morgan fingerprint density at radius 1 is 1.23 bits per heavy atom. The highest BCUT2D eigenvalue weighted by atomic mass is 19.3. The first-order chi connectivity index (χ1) is 5.90. The van der Waals surface area contributed by atoms with Crippen molar-refractivity contribution in [3.05, 3.63) is 0 Å². The van der Waals surface area contributed by atoms with Gasteiger partial charge in [-0.25, -0.2) is 17.6 Å². The summed E-state index contributed by atoms with van der Waals surface area (Å²) in [6, 6.07) is 0. The van der Waals surface area contributed by atoms with Crippen LogP contribution in [0.5, 0.6) is 0 Å². The Morgan fingerprint density at radius 2 is 1.77 bits per heavy atom. The van der Waals surface area contributed by atoms with Gasteiger partial charge in [0.25, 0.3) is 0 Å². The van der Waals surface area contributed by atoms with Gasteiger partial charge in [0.15, 0.2) is 0 Å². The van der Waals surface area contributed by atoms with E-state index in [1.165, 1.54) is 0 Å². The zero-order valence-corrected chi connectivity index (χ0v) is 6.89. The average Bonchev–Trinajstić information content (AvgIpc) is 2.03. The molecule has 0 aromatic carbocycles. The van der Waals surface area contributed by atoms with Gasteiger partial charge in [-0.1, -0.05) is 0 Å². The normalized spacial score (nSPS) is 15.0. The molecule has 0 aliphatic carbocycles. The van der Waals surface area contributed by atoms with E-state index in [9.17, 15) is 17.6 Å².